The molecule has 32 heavy (non-hydrogen) atoms. The predicted molar refractivity (Wildman–Crippen MR) is 120 cm³/mol. The van der Waals surface area contributed by atoms with E-state index in [9.17, 15) is 4.79 Å². The molecule has 0 fully saturated rings. The molecule has 2 N–H and O–H groups in total. The second kappa shape index (κ2) is 8.62. The van der Waals surface area contributed by atoms with Crippen LogP contribution in [0.3, 0.4) is 0 Å². The molecule has 9 heteroatoms. The molecule has 0 spiro atoms. The third kappa shape index (κ3) is 3.73. The molecular weight excluding hydrogens is 410 g/mol. The second-order valence-corrected chi connectivity index (χ2v) is 7.37. The molecule has 1 amide bonds. The maximum atomic E-state index is 13.5. The zero-order valence-corrected chi connectivity index (χ0v) is 18.6. The van der Waals surface area contributed by atoms with Crippen LogP contribution in [0.15, 0.2) is 54.0 Å². The van der Waals surface area contributed by atoms with Crippen molar-refractivity contribution in [1.82, 2.24) is 14.8 Å². The monoisotopic (exact) mass is 435 g/mol. The third-order valence-electron chi connectivity index (χ3n) is 5.35. The second-order valence-electron chi connectivity index (χ2n) is 7.37. The van der Waals surface area contributed by atoms with Crippen LogP contribution in [0.1, 0.15) is 24.1 Å². The van der Waals surface area contributed by atoms with Crippen LogP contribution in [0, 0.1) is 6.92 Å². The van der Waals surface area contributed by atoms with E-state index in [1.165, 1.54) is 6.33 Å². The van der Waals surface area contributed by atoms with Gasteiger partial charge in [0.1, 0.15) is 12.4 Å². The third-order valence-corrected chi connectivity index (χ3v) is 5.35. The Bertz CT molecular complexity index is 1160. The molecule has 2 heterocycles. The molecule has 0 saturated heterocycles. The standard InChI is InChI=1S/C23H25N5O4/c1-13-6-8-16(9-7-13)27-22(29)19-14(2)26-23-24-12-25-28(23)20(19)15-10-17(30-3)21(32-5)18(11-15)31-4/h6-12,20H,1-5H3,(H,27,29)(H,24,25,26). The van der Waals surface area contributed by atoms with E-state index in [1.807, 2.05) is 50.2 Å². The summed E-state index contributed by atoms with van der Waals surface area (Å²) in [5.74, 6) is 1.72. The number of fused-ring (bicyclic) bond motifs is 1. The summed E-state index contributed by atoms with van der Waals surface area (Å²) in [6.07, 6.45) is 1.45. The number of nitrogens with zero attached hydrogens (tertiary/aromatic N) is 3. The van der Waals surface area contributed by atoms with Crippen molar-refractivity contribution in [2.75, 3.05) is 32.0 Å². The molecular formula is C23H25N5O4. The molecule has 0 bridgehead atoms. The molecule has 9 nitrogen and oxygen atoms in total. The average molecular weight is 435 g/mol. The van der Waals surface area contributed by atoms with Crippen LogP contribution in [0.2, 0.25) is 0 Å². The maximum Gasteiger partial charge on any atom is 0.255 e. The number of aromatic nitrogens is 3. The fourth-order valence-corrected chi connectivity index (χ4v) is 3.79. The summed E-state index contributed by atoms with van der Waals surface area (Å²) in [6.45, 7) is 3.84. The Kier molecular flexibility index (Phi) is 5.72. The van der Waals surface area contributed by atoms with Gasteiger partial charge in [0.25, 0.3) is 5.91 Å². The molecule has 166 valence electrons. The van der Waals surface area contributed by atoms with Crippen molar-refractivity contribution in [3.63, 3.8) is 0 Å². The summed E-state index contributed by atoms with van der Waals surface area (Å²) in [6, 6.07) is 10.7. The molecule has 1 aliphatic rings. The number of rotatable bonds is 6. The summed E-state index contributed by atoms with van der Waals surface area (Å²) < 4.78 is 18.2. The first-order valence-electron chi connectivity index (χ1n) is 10.0. The van der Waals surface area contributed by atoms with Crippen molar-refractivity contribution in [1.29, 1.82) is 0 Å². The summed E-state index contributed by atoms with van der Waals surface area (Å²) in [5.41, 5.74) is 3.72. The fraction of sp³-hybridized carbons (Fsp3) is 0.261. The van der Waals surface area contributed by atoms with Crippen LogP contribution in [-0.2, 0) is 4.79 Å². The number of allylic oxidation sites excluding steroid dienone is 1. The highest BCUT2D eigenvalue weighted by molar-refractivity contribution is 6.06. The first-order valence-corrected chi connectivity index (χ1v) is 10.0. The van der Waals surface area contributed by atoms with E-state index in [2.05, 4.69) is 20.7 Å². The van der Waals surface area contributed by atoms with Crippen molar-refractivity contribution >= 4 is 17.5 Å². The van der Waals surface area contributed by atoms with Gasteiger partial charge in [-0.25, -0.2) is 4.68 Å². The molecule has 1 aliphatic heterocycles. The smallest absolute Gasteiger partial charge is 0.255 e. The number of hydrogen-bond donors (Lipinski definition) is 2. The van der Waals surface area contributed by atoms with Crippen molar-refractivity contribution in [2.45, 2.75) is 19.9 Å². The number of aryl methyl sites for hydroxylation is 1. The SMILES string of the molecule is COc1cc(C2C(C(=O)Nc3ccc(C)cc3)=C(C)Nc3ncnn32)cc(OC)c1OC. The normalized spacial score (nSPS) is 15.0. The number of anilines is 2. The van der Waals surface area contributed by atoms with Gasteiger partial charge in [-0.3, -0.25) is 4.79 Å². The first-order chi connectivity index (χ1) is 15.5. The van der Waals surface area contributed by atoms with Gasteiger partial charge in [0, 0.05) is 11.4 Å². The number of nitrogens with one attached hydrogen (secondary N) is 2. The van der Waals surface area contributed by atoms with Crippen molar-refractivity contribution < 1.29 is 19.0 Å². The van der Waals surface area contributed by atoms with Gasteiger partial charge in [0.2, 0.25) is 11.7 Å². The van der Waals surface area contributed by atoms with E-state index < -0.39 is 6.04 Å². The number of amides is 1. The van der Waals surface area contributed by atoms with Crippen LogP contribution in [-0.4, -0.2) is 42.0 Å². The summed E-state index contributed by atoms with van der Waals surface area (Å²) in [5, 5.41) is 10.5. The van der Waals surface area contributed by atoms with E-state index in [4.69, 9.17) is 14.2 Å². The predicted octanol–water partition coefficient (Wildman–Crippen LogP) is 3.54. The van der Waals surface area contributed by atoms with Gasteiger partial charge >= 0.3 is 0 Å². The molecule has 1 aromatic heterocycles. The van der Waals surface area contributed by atoms with Gasteiger partial charge in [0.05, 0.1) is 26.9 Å². The lowest BCUT2D eigenvalue weighted by molar-refractivity contribution is -0.113. The number of hydrogen-bond acceptors (Lipinski definition) is 7. The maximum absolute atomic E-state index is 13.5. The van der Waals surface area contributed by atoms with E-state index in [1.54, 1.807) is 26.0 Å². The Hall–Kier alpha value is -4.01. The Morgan fingerprint density at radius 3 is 2.28 bits per heavy atom. The number of carbonyl (C=O) groups is 1. The van der Waals surface area contributed by atoms with E-state index in [0.29, 0.717) is 40.2 Å². The van der Waals surface area contributed by atoms with Gasteiger partial charge in [-0.1, -0.05) is 17.7 Å². The van der Waals surface area contributed by atoms with E-state index in [0.717, 1.165) is 11.1 Å². The quantitative estimate of drug-likeness (QED) is 0.611. The molecule has 0 saturated carbocycles. The molecule has 0 aliphatic carbocycles. The highest BCUT2D eigenvalue weighted by Crippen LogP contribution is 2.43. The summed E-state index contributed by atoms with van der Waals surface area (Å²) in [4.78, 5) is 17.7. The zero-order valence-electron chi connectivity index (χ0n) is 18.6. The Morgan fingerprint density at radius 2 is 1.69 bits per heavy atom. The van der Waals surface area contributed by atoms with Crippen LogP contribution in [0.4, 0.5) is 11.6 Å². The first kappa shape index (κ1) is 21.2. The topological polar surface area (TPSA) is 99.5 Å². The minimum Gasteiger partial charge on any atom is -0.493 e. The largest absolute Gasteiger partial charge is 0.493 e. The van der Waals surface area contributed by atoms with Crippen LogP contribution >= 0.6 is 0 Å². The molecule has 2 aromatic carbocycles. The fourth-order valence-electron chi connectivity index (χ4n) is 3.79. The molecule has 1 unspecified atom stereocenters. The number of benzene rings is 2. The van der Waals surface area contributed by atoms with Gasteiger partial charge < -0.3 is 24.8 Å². The van der Waals surface area contributed by atoms with Crippen molar-refractivity contribution in [3.8, 4) is 17.2 Å². The van der Waals surface area contributed by atoms with Crippen molar-refractivity contribution in [2.24, 2.45) is 0 Å². The number of carbonyl (C=O) groups excluding carboxylic acids is 1. The highest BCUT2D eigenvalue weighted by atomic mass is 16.5. The average Bonchev–Trinajstić information content (AvgIpc) is 3.26. The van der Waals surface area contributed by atoms with Gasteiger partial charge in [-0.15, -0.1) is 0 Å². The number of ether oxygens (including phenoxy) is 3. The summed E-state index contributed by atoms with van der Waals surface area (Å²) >= 11 is 0. The lowest BCUT2D eigenvalue weighted by Gasteiger charge is -2.29. The van der Waals surface area contributed by atoms with Gasteiger partial charge in [0.15, 0.2) is 11.5 Å². The summed E-state index contributed by atoms with van der Waals surface area (Å²) in [7, 11) is 4.65. The molecule has 4 rings (SSSR count). The lowest BCUT2D eigenvalue weighted by Crippen LogP contribution is -2.31. The van der Waals surface area contributed by atoms with Crippen LogP contribution in [0.25, 0.3) is 0 Å². The molecule has 1 atom stereocenters. The zero-order chi connectivity index (χ0) is 22.8. The van der Waals surface area contributed by atoms with E-state index >= 15 is 0 Å². The van der Waals surface area contributed by atoms with E-state index in [-0.39, 0.29) is 5.91 Å². The van der Waals surface area contributed by atoms with Crippen LogP contribution in [0.5, 0.6) is 17.2 Å². The van der Waals surface area contributed by atoms with Gasteiger partial charge in [-0.05, 0) is 43.7 Å². The Balaban J connectivity index is 1.82. The minimum absolute atomic E-state index is 0.251. The minimum atomic E-state index is -0.562. The number of methoxy groups -OCH3 is 3. The van der Waals surface area contributed by atoms with Gasteiger partial charge in [-0.2, -0.15) is 10.1 Å². The van der Waals surface area contributed by atoms with Crippen molar-refractivity contribution in [3.05, 3.63) is 65.1 Å². The molecule has 0 radical (unpaired) electrons. The Morgan fingerprint density at radius 1 is 1.03 bits per heavy atom. The van der Waals surface area contributed by atoms with Crippen LogP contribution < -0.4 is 24.8 Å². The Labute approximate surface area is 186 Å². The lowest BCUT2D eigenvalue weighted by atomic mass is 9.94. The molecule has 3 aromatic rings. The highest BCUT2D eigenvalue weighted by Gasteiger charge is 2.34.